The molecule has 0 aromatic rings. The summed E-state index contributed by atoms with van der Waals surface area (Å²) in [5, 5.41) is 0. The van der Waals surface area contributed by atoms with Crippen LogP contribution in [0.25, 0.3) is 0 Å². The minimum Gasteiger partial charge on any atom is -0.293 e. The van der Waals surface area contributed by atoms with Gasteiger partial charge in [-0.25, -0.2) is 0 Å². The number of carbonyl (C=O) groups is 1. The van der Waals surface area contributed by atoms with Gasteiger partial charge in [-0.3, -0.25) is 4.79 Å². The fourth-order valence-corrected chi connectivity index (χ4v) is 2.26. The zero-order valence-corrected chi connectivity index (χ0v) is 9.72. The van der Waals surface area contributed by atoms with Gasteiger partial charge >= 0.3 is 5.92 Å². The van der Waals surface area contributed by atoms with Crippen LogP contribution in [0.3, 0.4) is 0 Å². The summed E-state index contributed by atoms with van der Waals surface area (Å²) >= 11 is 0. The van der Waals surface area contributed by atoms with E-state index in [0.29, 0.717) is 24.7 Å². The van der Waals surface area contributed by atoms with Gasteiger partial charge in [-0.2, -0.15) is 8.78 Å². The highest BCUT2D eigenvalue weighted by Gasteiger charge is 2.42. The summed E-state index contributed by atoms with van der Waals surface area (Å²) < 4.78 is 26.4. The van der Waals surface area contributed by atoms with E-state index >= 15 is 0 Å². The fourth-order valence-electron chi connectivity index (χ4n) is 2.26. The van der Waals surface area contributed by atoms with E-state index in [1.54, 1.807) is 0 Å². The van der Waals surface area contributed by atoms with E-state index in [0.717, 1.165) is 6.42 Å². The fraction of sp³-hybridized carbons (Fsp3) is 0.917. The lowest BCUT2D eigenvalue weighted by Gasteiger charge is -2.32. The van der Waals surface area contributed by atoms with Crippen molar-refractivity contribution in [1.82, 2.24) is 0 Å². The van der Waals surface area contributed by atoms with Crippen LogP contribution in [0.15, 0.2) is 0 Å². The Morgan fingerprint density at radius 2 is 1.87 bits per heavy atom. The first-order chi connectivity index (χ1) is 6.88. The summed E-state index contributed by atoms with van der Waals surface area (Å²) in [6.45, 7) is 5.55. The molecule has 88 valence electrons. The molecule has 0 radical (unpaired) electrons. The van der Waals surface area contributed by atoms with Crippen molar-refractivity contribution in [2.24, 2.45) is 17.8 Å². The Balaban J connectivity index is 2.62. The predicted molar refractivity (Wildman–Crippen MR) is 55.9 cm³/mol. The number of carbonyl (C=O) groups excluding carboxylic acids is 1. The molecule has 1 aliphatic carbocycles. The molecule has 3 atom stereocenters. The smallest absolute Gasteiger partial charge is 0.293 e. The molecule has 0 heterocycles. The van der Waals surface area contributed by atoms with Gasteiger partial charge in [0.1, 0.15) is 0 Å². The van der Waals surface area contributed by atoms with E-state index in [-0.39, 0.29) is 6.42 Å². The van der Waals surface area contributed by atoms with Crippen LogP contribution in [0.5, 0.6) is 0 Å². The first-order valence-electron chi connectivity index (χ1n) is 5.80. The molecule has 0 spiro atoms. The third-order valence-corrected chi connectivity index (χ3v) is 3.77. The van der Waals surface area contributed by atoms with Crippen LogP contribution < -0.4 is 0 Å². The minimum atomic E-state index is -3.11. The van der Waals surface area contributed by atoms with Crippen molar-refractivity contribution < 1.29 is 13.6 Å². The van der Waals surface area contributed by atoms with Gasteiger partial charge in [0.2, 0.25) is 5.78 Å². The first kappa shape index (κ1) is 12.6. The first-order valence-corrected chi connectivity index (χ1v) is 5.80. The quantitative estimate of drug-likeness (QED) is 0.706. The average Bonchev–Trinajstić information content (AvgIpc) is 2.21. The molecule has 15 heavy (non-hydrogen) atoms. The maximum Gasteiger partial charge on any atom is 0.305 e. The van der Waals surface area contributed by atoms with E-state index in [1.165, 1.54) is 6.92 Å². The monoisotopic (exact) mass is 218 g/mol. The van der Waals surface area contributed by atoms with Crippen molar-refractivity contribution >= 4 is 5.78 Å². The van der Waals surface area contributed by atoms with Crippen LogP contribution in [-0.2, 0) is 4.79 Å². The second kappa shape index (κ2) is 4.58. The second-order valence-electron chi connectivity index (χ2n) is 4.89. The van der Waals surface area contributed by atoms with Gasteiger partial charge in [-0.1, -0.05) is 20.8 Å². The van der Waals surface area contributed by atoms with Crippen LogP contribution in [0.1, 0.15) is 46.5 Å². The summed E-state index contributed by atoms with van der Waals surface area (Å²) in [6, 6.07) is 0. The topological polar surface area (TPSA) is 17.1 Å². The van der Waals surface area contributed by atoms with Gasteiger partial charge in [0.25, 0.3) is 0 Å². The van der Waals surface area contributed by atoms with Gasteiger partial charge in [0, 0.05) is 12.3 Å². The molecule has 1 rings (SSSR count). The van der Waals surface area contributed by atoms with Crippen LogP contribution >= 0.6 is 0 Å². The number of hydrogen-bond donors (Lipinski definition) is 0. The minimum absolute atomic E-state index is 0.369. The Morgan fingerprint density at radius 1 is 1.27 bits per heavy atom. The van der Waals surface area contributed by atoms with E-state index in [2.05, 4.69) is 6.92 Å². The molecule has 0 N–H and O–H groups in total. The van der Waals surface area contributed by atoms with Crippen molar-refractivity contribution in [3.05, 3.63) is 0 Å². The van der Waals surface area contributed by atoms with Crippen molar-refractivity contribution in [2.75, 3.05) is 0 Å². The molecule has 1 saturated carbocycles. The van der Waals surface area contributed by atoms with Gasteiger partial charge in [-0.05, 0) is 31.1 Å². The lowest BCUT2D eigenvalue weighted by Crippen LogP contribution is -2.37. The summed E-state index contributed by atoms with van der Waals surface area (Å²) in [4.78, 5) is 11.6. The standard InChI is InChI=1S/C12H20F2O/c1-4-12(13,14)11(15)10-6-5-8(2)9(3)7-10/h8-10H,4-7H2,1-3H3. The number of Topliss-reactive ketones (excluding diaryl/α,β-unsaturated/α-hetero) is 1. The van der Waals surface area contributed by atoms with E-state index < -0.39 is 17.6 Å². The highest BCUT2D eigenvalue weighted by Crippen LogP contribution is 2.37. The molecule has 0 saturated heterocycles. The number of rotatable bonds is 3. The third-order valence-electron chi connectivity index (χ3n) is 3.77. The number of halogens is 2. The van der Waals surface area contributed by atoms with Crippen LogP contribution in [-0.4, -0.2) is 11.7 Å². The van der Waals surface area contributed by atoms with Crippen molar-refractivity contribution in [2.45, 2.75) is 52.4 Å². The zero-order valence-electron chi connectivity index (χ0n) is 9.72. The summed E-state index contributed by atoms with van der Waals surface area (Å²) in [6.07, 6.45) is 1.80. The summed E-state index contributed by atoms with van der Waals surface area (Å²) in [7, 11) is 0. The molecule has 0 aromatic carbocycles. The van der Waals surface area contributed by atoms with Crippen molar-refractivity contribution in [3.63, 3.8) is 0 Å². The molecular formula is C12H20F2O. The Hall–Kier alpha value is -0.470. The van der Waals surface area contributed by atoms with E-state index in [4.69, 9.17) is 0 Å². The van der Waals surface area contributed by atoms with Gasteiger partial charge in [0.15, 0.2) is 0 Å². The van der Waals surface area contributed by atoms with Crippen LogP contribution in [0.4, 0.5) is 8.78 Å². The lowest BCUT2D eigenvalue weighted by molar-refractivity contribution is -0.149. The van der Waals surface area contributed by atoms with E-state index in [9.17, 15) is 13.6 Å². The Kier molecular flexibility index (Phi) is 3.85. The van der Waals surface area contributed by atoms with Crippen molar-refractivity contribution in [1.29, 1.82) is 0 Å². The summed E-state index contributed by atoms with van der Waals surface area (Å²) in [5.74, 6) is -3.40. The van der Waals surface area contributed by atoms with E-state index in [1.807, 2.05) is 6.92 Å². The molecular weight excluding hydrogens is 198 g/mol. The molecule has 1 nitrogen and oxygen atoms in total. The molecule has 3 heteroatoms. The second-order valence-corrected chi connectivity index (χ2v) is 4.89. The largest absolute Gasteiger partial charge is 0.305 e. The maximum atomic E-state index is 13.2. The average molecular weight is 218 g/mol. The molecule has 1 fully saturated rings. The Bertz CT molecular complexity index is 238. The van der Waals surface area contributed by atoms with Gasteiger partial charge < -0.3 is 0 Å². The number of alkyl halides is 2. The molecule has 0 amide bonds. The van der Waals surface area contributed by atoms with Crippen molar-refractivity contribution in [3.8, 4) is 0 Å². The molecule has 0 bridgehead atoms. The van der Waals surface area contributed by atoms with Crippen LogP contribution in [0.2, 0.25) is 0 Å². The zero-order chi connectivity index (χ0) is 11.6. The molecule has 1 aliphatic rings. The SMILES string of the molecule is CCC(F)(F)C(=O)C1CCC(C)C(C)C1. The normalized spacial score (nSPS) is 32.7. The highest BCUT2D eigenvalue weighted by molar-refractivity contribution is 5.87. The lowest BCUT2D eigenvalue weighted by atomic mass is 9.73. The molecule has 0 aliphatic heterocycles. The molecule has 0 aromatic heterocycles. The summed E-state index contributed by atoms with van der Waals surface area (Å²) in [5.41, 5.74) is 0. The Morgan fingerprint density at radius 3 is 2.33 bits per heavy atom. The third kappa shape index (κ3) is 2.76. The van der Waals surface area contributed by atoms with Gasteiger partial charge in [0.05, 0.1) is 0 Å². The predicted octanol–water partition coefficient (Wildman–Crippen LogP) is 3.67. The molecule has 3 unspecified atom stereocenters. The van der Waals surface area contributed by atoms with Crippen LogP contribution in [0, 0.1) is 17.8 Å². The Labute approximate surface area is 90.2 Å². The number of hydrogen-bond acceptors (Lipinski definition) is 1. The maximum absolute atomic E-state index is 13.2. The van der Waals surface area contributed by atoms with Gasteiger partial charge in [-0.15, -0.1) is 0 Å². The number of ketones is 1. The highest BCUT2D eigenvalue weighted by atomic mass is 19.3.